The van der Waals surface area contributed by atoms with Crippen molar-refractivity contribution in [3.05, 3.63) is 58.1 Å². The predicted octanol–water partition coefficient (Wildman–Crippen LogP) is 4.15. The van der Waals surface area contributed by atoms with Gasteiger partial charge in [0.05, 0.1) is 10.7 Å². The molecule has 0 atom stereocenters. The molecule has 0 spiro atoms. The lowest BCUT2D eigenvalue weighted by molar-refractivity contribution is 0.308. The van der Waals surface area contributed by atoms with Gasteiger partial charge in [0.25, 0.3) is 0 Å². The Bertz CT molecular complexity index is 529. The van der Waals surface area contributed by atoms with E-state index in [4.69, 9.17) is 33.7 Å². The minimum absolute atomic E-state index is 0.365. The molecule has 2 aromatic carbocycles. The highest BCUT2D eigenvalue weighted by molar-refractivity contribution is 6.33. The van der Waals surface area contributed by atoms with E-state index in [1.54, 1.807) is 18.2 Å². The second kappa shape index (κ2) is 5.30. The van der Waals surface area contributed by atoms with Crippen LogP contribution in [0.2, 0.25) is 10.0 Å². The van der Waals surface area contributed by atoms with Gasteiger partial charge in [-0.25, -0.2) is 0 Å². The number of halogens is 2. The molecule has 0 amide bonds. The van der Waals surface area contributed by atoms with Gasteiger partial charge in [0.1, 0.15) is 12.4 Å². The molecule has 0 aliphatic carbocycles. The minimum Gasteiger partial charge on any atom is -0.487 e. The number of para-hydroxylation sites is 1. The van der Waals surface area contributed by atoms with Gasteiger partial charge in [-0.2, -0.15) is 0 Å². The van der Waals surface area contributed by atoms with Gasteiger partial charge in [-0.3, -0.25) is 0 Å². The maximum atomic E-state index is 6.02. The van der Waals surface area contributed by atoms with E-state index in [0.717, 1.165) is 5.56 Å². The largest absolute Gasteiger partial charge is 0.487 e. The van der Waals surface area contributed by atoms with Crippen LogP contribution in [0.1, 0.15) is 5.56 Å². The Labute approximate surface area is 110 Å². The quantitative estimate of drug-likeness (QED) is 0.848. The summed E-state index contributed by atoms with van der Waals surface area (Å²) in [5, 5.41) is 1.16. The smallest absolute Gasteiger partial charge is 0.144 e. The van der Waals surface area contributed by atoms with Gasteiger partial charge in [-0.15, -0.1) is 0 Å². The monoisotopic (exact) mass is 267 g/mol. The maximum absolute atomic E-state index is 6.02. The molecule has 0 saturated heterocycles. The normalized spacial score (nSPS) is 10.2. The summed E-state index contributed by atoms with van der Waals surface area (Å²) in [5.74, 6) is 0.567. The number of hydrogen-bond acceptors (Lipinski definition) is 2. The fraction of sp³-hybridized carbons (Fsp3) is 0.0769. The highest BCUT2D eigenvalue weighted by Gasteiger charge is 2.05. The Morgan fingerprint density at radius 2 is 1.65 bits per heavy atom. The summed E-state index contributed by atoms with van der Waals surface area (Å²) in [4.78, 5) is 0. The molecule has 0 aliphatic rings. The van der Waals surface area contributed by atoms with Crippen LogP contribution >= 0.6 is 23.2 Å². The zero-order valence-electron chi connectivity index (χ0n) is 8.99. The molecule has 0 aromatic heterocycles. The lowest BCUT2D eigenvalue weighted by Crippen LogP contribution is -1.99. The van der Waals surface area contributed by atoms with Crippen LogP contribution in [0, 0.1) is 0 Å². The third kappa shape index (κ3) is 2.84. The van der Waals surface area contributed by atoms with Crippen LogP contribution in [0.15, 0.2) is 42.5 Å². The number of nitrogen functional groups attached to an aromatic ring is 1. The molecule has 0 unspecified atom stereocenters. The second-order valence-corrected chi connectivity index (χ2v) is 4.35. The molecule has 88 valence electrons. The van der Waals surface area contributed by atoms with E-state index < -0.39 is 0 Å². The summed E-state index contributed by atoms with van der Waals surface area (Å²) >= 11 is 11.9. The standard InChI is InChI=1S/C13H11Cl2NO/c14-10-5-2-1-4-9(10)8-17-12-7-3-6-11(15)13(12)16/h1-7H,8,16H2. The Hall–Kier alpha value is -1.38. The fourth-order valence-corrected chi connectivity index (χ4v) is 1.77. The molecular weight excluding hydrogens is 257 g/mol. The molecule has 0 radical (unpaired) electrons. The first-order valence-electron chi connectivity index (χ1n) is 5.08. The van der Waals surface area contributed by atoms with E-state index in [1.165, 1.54) is 0 Å². The van der Waals surface area contributed by atoms with Gasteiger partial charge in [0.15, 0.2) is 0 Å². The Kier molecular flexibility index (Phi) is 3.77. The zero-order valence-corrected chi connectivity index (χ0v) is 10.5. The van der Waals surface area contributed by atoms with Crippen molar-refractivity contribution in [2.45, 2.75) is 6.61 Å². The highest BCUT2D eigenvalue weighted by Crippen LogP contribution is 2.29. The van der Waals surface area contributed by atoms with Crippen LogP contribution in [0.4, 0.5) is 5.69 Å². The molecular formula is C13H11Cl2NO. The molecule has 4 heteroatoms. The molecule has 2 rings (SSSR count). The lowest BCUT2D eigenvalue weighted by Gasteiger charge is -2.10. The van der Waals surface area contributed by atoms with E-state index in [0.29, 0.717) is 28.1 Å². The fourth-order valence-electron chi connectivity index (χ4n) is 1.41. The number of rotatable bonds is 3. The third-order valence-electron chi connectivity index (χ3n) is 2.35. The van der Waals surface area contributed by atoms with E-state index in [1.807, 2.05) is 24.3 Å². The minimum atomic E-state index is 0.365. The molecule has 2 N–H and O–H groups in total. The van der Waals surface area contributed by atoms with Crippen LogP contribution in [0.25, 0.3) is 0 Å². The van der Waals surface area contributed by atoms with Gasteiger partial charge in [0, 0.05) is 10.6 Å². The van der Waals surface area contributed by atoms with Gasteiger partial charge in [-0.1, -0.05) is 47.5 Å². The molecule has 0 heterocycles. The first kappa shape index (κ1) is 12.1. The van der Waals surface area contributed by atoms with E-state index >= 15 is 0 Å². The molecule has 0 aliphatic heterocycles. The summed E-state index contributed by atoms with van der Waals surface area (Å²) in [5.41, 5.74) is 7.15. The second-order valence-electron chi connectivity index (χ2n) is 3.53. The van der Waals surface area contributed by atoms with E-state index in [9.17, 15) is 0 Å². The Morgan fingerprint density at radius 3 is 2.41 bits per heavy atom. The first-order valence-corrected chi connectivity index (χ1v) is 5.84. The van der Waals surface area contributed by atoms with Crippen LogP contribution in [0.5, 0.6) is 5.75 Å². The van der Waals surface area contributed by atoms with E-state index in [-0.39, 0.29) is 0 Å². The van der Waals surface area contributed by atoms with Gasteiger partial charge in [-0.05, 0) is 18.2 Å². The topological polar surface area (TPSA) is 35.2 Å². The third-order valence-corrected chi connectivity index (χ3v) is 3.05. The van der Waals surface area contributed by atoms with Crippen molar-refractivity contribution in [2.24, 2.45) is 0 Å². The van der Waals surface area contributed by atoms with E-state index in [2.05, 4.69) is 0 Å². The first-order chi connectivity index (χ1) is 8.18. The molecule has 0 bridgehead atoms. The van der Waals surface area contributed by atoms with Crippen molar-refractivity contribution >= 4 is 28.9 Å². The number of benzene rings is 2. The van der Waals surface area contributed by atoms with Crippen LogP contribution in [-0.4, -0.2) is 0 Å². The molecule has 2 nitrogen and oxygen atoms in total. The van der Waals surface area contributed by atoms with Crippen molar-refractivity contribution in [2.75, 3.05) is 5.73 Å². The Balaban J connectivity index is 2.13. The number of anilines is 1. The maximum Gasteiger partial charge on any atom is 0.144 e. The Morgan fingerprint density at radius 1 is 0.941 bits per heavy atom. The lowest BCUT2D eigenvalue weighted by atomic mass is 10.2. The molecule has 0 saturated carbocycles. The molecule has 0 fully saturated rings. The zero-order chi connectivity index (χ0) is 12.3. The van der Waals surface area contributed by atoms with Gasteiger partial charge < -0.3 is 10.5 Å². The number of hydrogen-bond donors (Lipinski definition) is 1. The molecule has 17 heavy (non-hydrogen) atoms. The van der Waals surface area contributed by atoms with Crippen molar-refractivity contribution in [3.63, 3.8) is 0 Å². The van der Waals surface area contributed by atoms with Crippen molar-refractivity contribution < 1.29 is 4.74 Å². The van der Waals surface area contributed by atoms with Crippen LogP contribution in [0.3, 0.4) is 0 Å². The SMILES string of the molecule is Nc1c(Cl)cccc1OCc1ccccc1Cl. The van der Waals surface area contributed by atoms with Gasteiger partial charge in [0.2, 0.25) is 0 Å². The van der Waals surface area contributed by atoms with Gasteiger partial charge >= 0.3 is 0 Å². The summed E-state index contributed by atoms with van der Waals surface area (Å²) in [6, 6.07) is 12.8. The average molecular weight is 268 g/mol. The highest BCUT2D eigenvalue weighted by atomic mass is 35.5. The summed E-state index contributed by atoms with van der Waals surface area (Å²) in [6.45, 7) is 0.365. The van der Waals surface area contributed by atoms with Crippen molar-refractivity contribution in [1.82, 2.24) is 0 Å². The predicted molar refractivity (Wildman–Crippen MR) is 71.6 cm³/mol. The van der Waals surface area contributed by atoms with Crippen LogP contribution in [-0.2, 0) is 6.61 Å². The number of nitrogens with two attached hydrogens (primary N) is 1. The molecule has 2 aromatic rings. The number of ether oxygens (including phenoxy) is 1. The summed E-state index contributed by atoms with van der Waals surface area (Å²) in [6.07, 6.45) is 0. The van der Waals surface area contributed by atoms with Crippen molar-refractivity contribution in [1.29, 1.82) is 0 Å². The van der Waals surface area contributed by atoms with Crippen LogP contribution < -0.4 is 10.5 Å². The summed E-state index contributed by atoms with van der Waals surface area (Å²) in [7, 11) is 0. The van der Waals surface area contributed by atoms with Crippen molar-refractivity contribution in [3.8, 4) is 5.75 Å². The summed E-state index contributed by atoms with van der Waals surface area (Å²) < 4.78 is 5.59. The average Bonchev–Trinajstić information content (AvgIpc) is 2.33.